The minimum Gasteiger partial charge on any atom is -0.391 e. The predicted octanol–water partition coefficient (Wildman–Crippen LogP) is 12.5. The zero-order valence-electron chi connectivity index (χ0n) is 45.1. The van der Waals surface area contributed by atoms with Gasteiger partial charge in [-0.05, 0) is 121 Å². The molecular weight excluding hydrogens is 777 g/mol. The van der Waals surface area contributed by atoms with Crippen molar-refractivity contribution in [3.63, 3.8) is 0 Å². The SMILES string of the molecule is C1=CNCC1.C1CCNCC1.C1CCNCC1.C1CCOC1.C1CCOCC1.C1CCSC1.C1CNCCN1.C1COCCN1.CC.CC.CC.CC.CC.CC.CC.CC. The number of piperazine rings is 1. The molecule has 10 heteroatoms. The van der Waals surface area contributed by atoms with E-state index >= 15 is 0 Å². The molecule has 8 rings (SSSR count). The Morgan fingerprint density at radius 3 is 0.705 bits per heavy atom. The second kappa shape index (κ2) is 103. The third-order valence-electron chi connectivity index (χ3n) is 7.64. The van der Waals surface area contributed by atoms with Crippen molar-refractivity contribution in [1.82, 2.24) is 31.9 Å². The van der Waals surface area contributed by atoms with Crippen molar-refractivity contribution in [2.24, 2.45) is 0 Å². The molecule has 0 radical (unpaired) electrons. The predicted molar refractivity (Wildman–Crippen MR) is 287 cm³/mol. The molecule has 0 aromatic carbocycles. The lowest BCUT2D eigenvalue weighted by Gasteiger charge is -2.11. The van der Waals surface area contributed by atoms with Crippen LogP contribution in [0.3, 0.4) is 0 Å². The van der Waals surface area contributed by atoms with Crippen molar-refractivity contribution in [2.75, 3.05) is 123 Å². The lowest BCUT2D eigenvalue weighted by Crippen LogP contribution is -2.39. The third-order valence-corrected chi connectivity index (χ3v) is 8.80. The zero-order chi connectivity index (χ0) is 47.8. The fraction of sp³-hybridized carbons (Fsp3) is 0.961. The van der Waals surface area contributed by atoms with E-state index in [2.05, 4.69) is 49.7 Å². The molecule has 6 N–H and O–H groups in total. The summed E-state index contributed by atoms with van der Waals surface area (Å²) < 4.78 is 15.0. The number of thioether (sulfide) groups is 1. The summed E-state index contributed by atoms with van der Waals surface area (Å²) in [6.45, 7) is 50.5. The summed E-state index contributed by atoms with van der Waals surface area (Å²) in [5.41, 5.74) is 0. The Labute approximate surface area is 392 Å². The maximum absolute atomic E-state index is 5.07. The Bertz CT molecular complexity index is 398. The van der Waals surface area contributed by atoms with Crippen LogP contribution in [0.2, 0.25) is 0 Å². The summed E-state index contributed by atoms with van der Waals surface area (Å²) in [7, 11) is 0. The second-order valence-electron chi connectivity index (χ2n) is 11.9. The molecule has 0 aromatic heterocycles. The van der Waals surface area contributed by atoms with Crippen molar-refractivity contribution >= 4 is 11.8 Å². The molecule has 0 amide bonds. The van der Waals surface area contributed by atoms with E-state index in [9.17, 15) is 0 Å². The molecule has 0 aliphatic carbocycles. The lowest BCUT2D eigenvalue weighted by molar-refractivity contribution is 0.0968. The van der Waals surface area contributed by atoms with E-state index in [0.29, 0.717) is 0 Å². The maximum atomic E-state index is 5.07. The highest BCUT2D eigenvalue weighted by atomic mass is 32.2. The number of nitrogens with one attached hydrogen (secondary N) is 6. The van der Waals surface area contributed by atoms with Crippen LogP contribution in [0.5, 0.6) is 0 Å². The summed E-state index contributed by atoms with van der Waals surface area (Å²) >= 11 is 2.07. The van der Waals surface area contributed by atoms with Crippen molar-refractivity contribution in [3.8, 4) is 0 Å². The fourth-order valence-electron chi connectivity index (χ4n) is 4.85. The van der Waals surface area contributed by atoms with Gasteiger partial charge in [0.15, 0.2) is 0 Å². The van der Waals surface area contributed by atoms with E-state index in [1.54, 1.807) is 0 Å². The largest absolute Gasteiger partial charge is 0.391 e. The van der Waals surface area contributed by atoms with Crippen molar-refractivity contribution < 1.29 is 14.2 Å². The zero-order valence-corrected chi connectivity index (χ0v) is 45.9. The van der Waals surface area contributed by atoms with E-state index in [1.165, 1.54) is 128 Å². The van der Waals surface area contributed by atoms with Gasteiger partial charge in [0.25, 0.3) is 0 Å². The molecule has 61 heavy (non-hydrogen) atoms. The fourth-order valence-corrected chi connectivity index (χ4v) is 5.87. The number of ether oxygens (including phenoxy) is 3. The first-order valence-corrected chi connectivity index (χ1v) is 27.9. The van der Waals surface area contributed by atoms with Gasteiger partial charge in [0.1, 0.15) is 0 Å². The van der Waals surface area contributed by atoms with Crippen LogP contribution in [0.15, 0.2) is 12.3 Å². The van der Waals surface area contributed by atoms with Crippen LogP contribution in [0, 0.1) is 0 Å². The van der Waals surface area contributed by atoms with Crippen LogP contribution < -0.4 is 31.9 Å². The average Bonchev–Trinajstić information content (AvgIpc) is 4.30. The van der Waals surface area contributed by atoms with E-state index in [0.717, 1.165) is 85.5 Å². The van der Waals surface area contributed by atoms with Gasteiger partial charge in [-0.3, -0.25) is 0 Å². The summed E-state index contributed by atoms with van der Waals surface area (Å²) in [6.07, 6.45) is 23.2. The molecule has 8 heterocycles. The molecule has 0 atom stereocenters. The molecule has 8 aliphatic rings. The Kier molecular flexibility index (Phi) is 131. The minimum atomic E-state index is 0.889. The van der Waals surface area contributed by atoms with Crippen molar-refractivity contribution in [2.45, 2.75) is 201 Å². The summed E-state index contributed by atoms with van der Waals surface area (Å²) in [4.78, 5) is 0. The van der Waals surface area contributed by atoms with Gasteiger partial charge in [-0.2, -0.15) is 11.8 Å². The molecule has 0 aromatic rings. The Morgan fingerprint density at radius 1 is 0.295 bits per heavy atom. The number of hydrogen-bond acceptors (Lipinski definition) is 10. The quantitative estimate of drug-likeness (QED) is 0.141. The van der Waals surface area contributed by atoms with Gasteiger partial charge in [-0.25, -0.2) is 0 Å². The van der Waals surface area contributed by atoms with Gasteiger partial charge in [0, 0.05) is 72.2 Å². The van der Waals surface area contributed by atoms with Gasteiger partial charge in [-0.15, -0.1) is 0 Å². The highest BCUT2D eigenvalue weighted by Gasteiger charge is 1.97. The monoisotopic (exact) mass is 899 g/mol. The van der Waals surface area contributed by atoms with E-state index in [-0.39, 0.29) is 0 Å². The maximum Gasteiger partial charge on any atom is 0.0591 e. The lowest BCUT2D eigenvalue weighted by atomic mass is 10.2. The van der Waals surface area contributed by atoms with Crippen LogP contribution in [-0.2, 0) is 14.2 Å². The van der Waals surface area contributed by atoms with Crippen molar-refractivity contribution in [3.05, 3.63) is 12.3 Å². The second-order valence-corrected chi connectivity index (χ2v) is 13.2. The Hall–Kier alpha value is -0.430. The van der Waals surface area contributed by atoms with Crippen LogP contribution in [0.4, 0.5) is 0 Å². The number of morpholine rings is 1. The van der Waals surface area contributed by atoms with E-state index in [4.69, 9.17) is 14.2 Å². The molecule has 7 saturated heterocycles. The molecule has 7 fully saturated rings. The molecule has 0 saturated carbocycles. The standard InChI is InChI=1S/2C5H11N.C5H10O.C4H10N2.C4H9NO.C4H7N.C4H8O.C4H8S.8C2H6/c3*1-2-4-6-5-3-1;1-2-6-4-3-5-1;1-3-6-4-2-5-1;3*1-2-4-5-3-1;8*1-2/h2*6H,1-5H2;1-5H2;5-6H,1-4H2;5H,1-4H2;1,3,5H,2,4H2;2*1-4H2;8*1-2H3. The van der Waals surface area contributed by atoms with Gasteiger partial charge in [0.05, 0.1) is 13.2 Å². The van der Waals surface area contributed by atoms with Gasteiger partial charge in [-0.1, -0.05) is 130 Å². The molecule has 0 spiro atoms. The Balaban J connectivity index is -0.0000000838. The third kappa shape index (κ3) is 99.4. The normalized spacial score (nSPS) is 18.1. The van der Waals surface area contributed by atoms with Crippen LogP contribution >= 0.6 is 11.8 Å². The molecule has 9 nitrogen and oxygen atoms in total. The smallest absolute Gasteiger partial charge is 0.0591 e. The van der Waals surface area contributed by atoms with Crippen LogP contribution in [-0.4, -0.2) is 123 Å². The van der Waals surface area contributed by atoms with E-state index < -0.39 is 0 Å². The summed E-state index contributed by atoms with van der Waals surface area (Å²) in [5, 5.41) is 19.2. The van der Waals surface area contributed by atoms with Crippen molar-refractivity contribution in [1.29, 1.82) is 0 Å². The number of hydrogen-bond donors (Lipinski definition) is 6. The summed E-state index contributed by atoms with van der Waals surface area (Å²) in [6, 6.07) is 0. The molecular formula is C51H122N6O3S. The van der Waals surface area contributed by atoms with E-state index in [1.807, 2.05) is 117 Å². The first-order chi connectivity index (χ1) is 30.5. The molecule has 0 unspecified atom stereocenters. The van der Waals surface area contributed by atoms with Gasteiger partial charge >= 0.3 is 0 Å². The van der Waals surface area contributed by atoms with Crippen LogP contribution in [0.25, 0.3) is 0 Å². The highest BCUT2D eigenvalue weighted by Crippen LogP contribution is 2.14. The van der Waals surface area contributed by atoms with Gasteiger partial charge < -0.3 is 46.1 Å². The van der Waals surface area contributed by atoms with Gasteiger partial charge in [0.2, 0.25) is 0 Å². The molecule has 8 aliphatic heterocycles. The first-order valence-electron chi connectivity index (χ1n) is 26.7. The highest BCUT2D eigenvalue weighted by molar-refractivity contribution is 7.99. The minimum absolute atomic E-state index is 0.889. The topological polar surface area (TPSA) is 99.9 Å². The number of rotatable bonds is 0. The molecule has 380 valence electrons. The molecule has 0 bridgehead atoms. The summed E-state index contributed by atoms with van der Waals surface area (Å²) in [5.74, 6) is 2.83. The van der Waals surface area contributed by atoms with Crippen LogP contribution in [0.1, 0.15) is 201 Å². The first kappa shape index (κ1) is 77.8. The Morgan fingerprint density at radius 2 is 0.590 bits per heavy atom. The average molecular weight is 900 g/mol. The number of piperidine rings is 2.